The van der Waals surface area contributed by atoms with Crippen molar-refractivity contribution in [1.82, 2.24) is 9.80 Å². The molecule has 0 spiro atoms. The minimum atomic E-state index is -0.557. The zero-order valence-electron chi connectivity index (χ0n) is 11.2. The van der Waals surface area contributed by atoms with Gasteiger partial charge in [0, 0.05) is 38.3 Å². The Kier molecular flexibility index (Phi) is 5.03. The summed E-state index contributed by atoms with van der Waals surface area (Å²) in [6.07, 6.45) is -0.121. The molecule has 1 saturated heterocycles. The lowest BCUT2D eigenvalue weighted by Crippen LogP contribution is -2.49. The molecule has 0 aromatic heterocycles. The van der Waals surface area contributed by atoms with Crippen molar-refractivity contribution in [2.45, 2.75) is 6.42 Å². The van der Waals surface area contributed by atoms with Gasteiger partial charge in [0.25, 0.3) is 0 Å². The molecule has 0 saturated carbocycles. The number of rotatable bonds is 4. The number of nitrogens with zero attached hydrogens (tertiary/aromatic N) is 2. The lowest BCUT2D eigenvalue weighted by Gasteiger charge is -2.34. The predicted octanol–water partition coefficient (Wildman–Crippen LogP) is 0.644. The van der Waals surface area contributed by atoms with Crippen molar-refractivity contribution in [2.75, 3.05) is 39.3 Å². The number of benzene rings is 1. The number of piperazine rings is 1. The van der Waals surface area contributed by atoms with Crippen LogP contribution in [0.2, 0.25) is 0 Å². The quantitative estimate of drug-likeness (QED) is 0.882. The number of carbonyl (C=O) groups excluding carboxylic acids is 1. The first-order chi connectivity index (χ1) is 9.60. The third-order valence-corrected chi connectivity index (χ3v) is 3.49. The fourth-order valence-corrected chi connectivity index (χ4v) is 2.32. The van der Waals surface area contributed by atoms with E-state index in [1.807, 2.05) is 0 Å². The van der Waals surface area contributed by atoms with Crippen molar-refractivity contribution in [1.29, 1.82) is 0 Å². The van der Waals surface area contributed by atoms with Crippen LogP contribution in [-0.2, 0) is 11.2 Å². The van der Waals surface area contributed by atoms with Gasteiger partial charge in [-0.05, 0) is 18.2 Å². The molecule has 1 aliphatic rings. The van der Waals surface area contributed by atoms with Crippen LogP contribution in [0.5, 0.6) is 0 Å². The Labute approximate surface area is 116 Å². The van der Waals surface area contributed by atoms with Gasteiger partial charge in [-0.1, -0.05) is 0 Å². The Morgan fingerprint density at radius 1 is 1.20 bits per heavy atom. The number of β-amino-alcohol motifs (C(OH)–C–C–N with tert-alkyl or cyclic N) is 1. The largest absolute Gasteiger partial charge is 0.395 e. The fraction of sp³-hybridized carbons (Fsp3) is 0.500. The molecule has 1 aromatic carbocycles. The van der Waals surface area contributed by atoms with Crippen LogP contribution in [0.4, 0.5) is 8.78 Å². The average Bonchev–Trinajstić information content (AvgIpc) is 2.44. The highest BCUT2D eigenvalue weighted by Gasteiger charge is 2.21. The lowest BCUT2D eigenvalue weighted by molar-refractivity contribution is -0.132. The molecule has 6 heteroatoms. The van der Waals surface area contributed by atoms with Crippen LogP contribution >= 0.6 is 0 Å². The van der Waals surface area contributed by atoms with Gasteiger partial charge < -0.3 is 10.0 Å². The minimum Gasteiger partial charge on any atom is -0.395 e. The van der Waals surface area contributed by atoms with Gasteiger partial charge in [0.05, 0.1) is 13.0 Å². The number of carbonyl (C=O) groups is 1. The van der Waals surface area contributed by atoms with Crippen LogP contribution in [0, 0.1) is 11.6 Å². The smallest absolute Gasteiger partial charge is 0.227 e. The summed E-state index contributed by atoms with van der Waals surface area (Å²) in [6, 6.07) is 3.14. The molecule has 1 aliphatic heterocycles. The van der Waals surface area contributed by atoms with E-state index in [-0.39, 0.29) is 24.5 Å². The van der Waals surface area contributed by atoms with E-state index < -0.39 is 11.6 Å². The second-order valence-corrected chi connectivity index (χ2v) is 4.86. The van der Waals surface area contributed by atoms with Gasteiger partial charge in [-0.2, -0.15) is 0 Å². The third-order valence-electron chi connectivity index (χ3n) is 3.49. The molecule has 2 rings (SSSR count). The van der Waals surface area contributed by atoms with Gasteiger partial charge in [-0.3, -0.25) is 9.69 Å². The fourth-order valence-electron chi connectivity index (χ4n) is 2.32. The molecule has 0 aliphatic carbocycles. The van der Waals surface area contributed by atoms with Gasteiger partial charge in [0.15, 0.2) is 0 Å². The van der Waals surface area contributed by atoms with E-state index in [2.05, 4.69) is 4.90 Å². The maximum Gasteiger partial charge on any atom is 0.227 e. The molecule has 20 heavy (non-hydrogen) atoms. The molecule has 1 fully saturated rings. The summed E-state index contributed by atoms with van der Waals surface area (Å²) >= 11 is 0. The van der Waals surface area contributed by atoms with Gasteiger partial charge in [0.2, 0.25) is 5.91 Å². The van der Waals surface area contributed by atoms with E-state index in [9.17, 15) is 13.6 Å². The van der Waals surface area contributed by atoms with Gasteiger partial charge in [0.1, 0.15) is 11.6 Å². The van der Waals surface area contributed by atoms with E-state index in [1.54, 1.807) is 4.90 Å². The molecule has 0 radical (unpaired) electrons. The topological polar surface area (TPSA) is 43.8 Å². The van der Waals surface area contributed by atoms with Crippen LogP contribution in [0.15, 0.2) is 18.2 Å². The second kappa shape index (κ2) is 6.76. The molecule has 1 amide bonds. The maximum atomic E-state index is 13.5. The Balaban J connectivity index is 1.91. The Morgan fingerprint density at radius 2 is 1.90 bits per heavy atom. The van der Waals surface area contributed by atoms with E-state index in [1.165, 1.54) is 0 Å². The monoisotopic (exact) mass is 284 g/mol. The maximum absolute atomic E-state index is 13.5. The molecule has 0 bridgehead atoms. The summed E-state index contributed by atoms with van der Waals surface area (Å²) in [6.45, 7) is 3.18. The Hall–Kier alpha value is -1.53. The first-order valence-electron chi connectivity index (χ1n) is 6.65. The third kappa shape index (κ3) is 3.74. The highest BCUT2D eigenvalue weighted by Crippen LogP contribution is 2.12. The van der Waals surface area contributed by atoms with Crippen molar-refractivity contribution in [3.05, 3.63) is 35.4 Å². The van der Waals surface area contributed by atoms with Crippen LogP contribution < -0.4 is 0 Å². The Morgan fingerprint density at radius 3 is 2.55 bits per heavy atom. The van der Waals surface area contributed by atoms with Crippen molar-refractivity contribution >= 4 is 5.91 Å². The van der Waals surface area contributed by atoms with Gasteiger partial charge >= 0.3 is 0 Å². The summed E-state index contributed by atoms with van der Waals surface area (Å²) in [5.74, 6) is -1.29. The summed E-state index contributed by atoms with van der Waals surface area (Å²) in [7, 11) is 0. The highest BCUT2D eigenvalue weighted by atomic mass is 19.1. The average molecular weight is 284 g/mol. The molecule has 1 heterocycles. The van der Waals surface area contributed by atoms with E-state index in [4.69, 9.17) is 5.11 Å². The second-order valence-electron chi connectivity index (χ2n) is 4.86. The number of halogens is 2. The van der Waals surface area contributed by atoms with Crippen LogP contribution in [0.1, 0.15) is 5.56 Å². The Bertz CT molecular complexity index is 474. The normalized spacial score (nSPS) is 16.4. The van der Waals surface area contributed by atoms with E-state index in [0.717, 1.165) is 18.2 Å². The number of amides is 1. The molecular formula is C14H18F2N2O2. The van der Waals surface area contributed by atoms with Crippen LogP contribution in [0.25, 0.3) is 0 Å². The minimum absolute atomic E-state index is 0.0905. The summed E-state index contributed by atoms with van der Waals surface area (Å²) < 4.78 is 26.5. The summed E-state index contributed by atoms with van der Waals surface area (Å²) in [4.78, 5) is 15.8. The standard InChI is InChI=1S/C14H18F2N2O2/c15-12-1-2-13(16)11(9-12)10-14(20)18-5-3-17(4-6-18)7-8-19/h1-2,9,19H,3-8,10H2. The lowest BCUT2D eigenvalue weighted by atomic mass is 10.1. The molecule has 1 aromatic rings. The SMILES string of the molecule is O=C(Cc1cc(F)ccc1F)N1CCN(CCO)CC1. The molecule has 0 atom stereocenters. The van der Waals surface area contributed by atoms with Crippen LogP contribution in [0.3, 0.4) is 0 Å². The van der Waals surface area contributed by atoms with Crippen molar-refractivity contribution in [2.24, 2.45) is 0 Å². The van der Waals surface area contributed by atoms with Gasteiger partial charge in [-0.15, -0.1) is 0 Å². The number of hydrogen-bond donors (Lipinski definition) is 1. The summed E-state index contributed by atoms with van der Waals surface area (Å²) in [5, 5.41) is 8.85. The zero-order chi connectivity index (χ0) is 14.5. The summed E-state index contributed by atoms with van der Waals surface area (Å²) in [5.41, 5.74) is 0.0905. The molecular weight excluding hydrogens is 266 g/mol. The van der Waals surface area contributed by atoms with E-state index in [0.29, 0.717) is 32.7 Å². The zero-order valence-corrected chi connectivity index (χ0v) is 11.2. The first-order valence-corrected chi connectivity index (χ1v) is 6.65. The highest BCUT2D eigenvalue weighted by molar-refractivity contribution is 5.79. The molecule has 1 N–H and O–H groups in total. The molecule has 110 valence electrons. The number of aliphatic hydroxyl groups excluding tert-OH is 1. The van der Waals surface area contributed by atoms with E-state index >= 15 is 0 Å². The number of hydrogen-bond acceptors (Lipinski definition) is 3. The van der Waals surface area contributed by atoms with Crippen molar-refractivity contribution in [3.8, 4) is 0 Å². The first kappa shape index (κ1) is 14.9. The molecule has 4 nitrogen and oxygen atoms in total. The van der Waals surface area contributed by atoms with Crippen LogP contribution in [-0.4, -0.2) is 60.1 Å². The predicted molar refractivity (Wildman–Crippen MR) is 70.2 cm³/mol. The van der Waals surface area contributed by atoms with Crippen molar-refractivity contribution in [3.63, 3.8) is 0 Å². The van der Waals surface area contributed by atoms with Gasteiger partial charge in [-0.25, -0.2) is 8.78 Å². The number of aliphatic hydroxyl groups is 1. The molecule has 0 unspecified atom stereocenters. The van der Waals surface area contributed by atoms with Crippen molar-refractivity contribution < 1.29 is 18.7 Å².